The maximum absolute atomic E-state index is 11.1. The summed E-state index contributed by atoms with van der Waals surface area (Å²) in [7, 11) is 0. The third kappa shape index (κ3) is 6.02. The van der Waals surface area contributed by atoms with E-state index in [1.54, 1.807) is 0 Å². The monoisotopic (exact) mass is 218 g/mol. The fourth-order valence-electron chi connectivity index (χ4n) is 0.820. The predicted octanol–water partition coefficient (Wildman–Crippen LogP) is -2.14. The van der Waals surface area contributed by atoms with Crippen LogP contribution in [0, 0.1) is 0 Å². The molecule has 4 N–H and O–H groups in total. The highest BCUT2D eigenvalue weighted by atomic mass is 16.4. The predicted molar refractivity (Wildman–Crippen MR) is 45.7 cm³/mol. The fourth-order valence-corrected chi connectivity index (χ4v) is 0.820. The van der Waals surface area contributed by atoms with Crippen LogP contribution in [0.5, 0.6) is 0 Å². The van der Waals surface area contributed by atoms with Crippen molar-refractivity contribution in [2.75, 3.05) is 13.1 Å². The van der Waals surface area contributed by atoms with Gasteiger partial charge < -0.3 is 20.8 Å². The standard InChI is InChI=1S/C7H10N2O6/c8-4(10)1-5(11)9(2-6(12)13)3-7(14)15/h1-3H2,(H2,8,10)(H,12,13)(H,14,15). The SMILES string of the molecule is NC(=O)CC(=O)N(CC(=O)O)CC(=O)O. The second-order valence-corrected chi connectivity index (χ2v) is 2.68. The topological polar surface area (TPSA) is 138 Å². The molecule has 0 radical (unpaired) electrons. The smallest absolute Gasteiger partial charge is 0.323 e. The van der Waals surface area contributed by atoms with Crippen molar-refractivity contribution in [3.8, 4) is 0 Å². The minimum atomic E-state index is -1.37. The molecule has 0 saturated heterocycles. The van der Waals surface area contributed by atoms with Gasteiger partial charge in [-0.1, -0.05) is 0 Å². The average Bonchev–Trinajstić information content (AvgIpc) is 1.99. The Hall–Kier alpha value is -2.12. The lowest BCUT2D eigenvalue weighted by molar-refractivity contribution is -0.150. The summed E-state index contributed by atoms with van der Waals surface area (Å²) in [5, 5.41) is 16.8. The van der Waals surface area contributed by atoms with E-state index >= 15 is 0 Å². The van der Waals surface area contributed by atoms with Crippen LogP contribution in [0.4, 0.5) is 0 Å². The van der Waals surface area contributed by atoms with Crippen LogP contribution in [0.25, 0.3) is 0 Å². The first-order valence-electron chi connectivity index (χ1n) is 3.82. The summed E-state index contributed by atoms with van der Waals surface area (Å²) < 4.78 is 0. The Labute approximate surface area is 84.3 Å². The molecular formula is C7H10N2O6. The molecule has 0 unspecified atom stereocenters. The number of primary amides is 1. The summed E-state index contributed by atoms with van der Waals surface area (Å²) in [4.78, 5) is 42.6. The second kappa shape index (κ2) is 5.58. The molecule has 0 aliphatic carbocycles. The van der Waals surface area contributed by atoms with Crippen molar-refractivity contribution in [2.45, 2.75) is 6.42 Å². The molecule has 0 spiro atoms. The molecule has 0 aliphatic rings. The van der Waals surface area contributed by atoms with Gasteiger partial charge in [0.25, 0.3) is 0 Å². The van der Waals surface area contributed by atoms with Gasteiger partial charge in [0.05, 0.1) is 0 Å². The maximum Gasteiger partial charge on any atom is 0.323 e. The van der Waals surface area contributed by atoms with E-state index < -0.39 is 43.3 Å². The van der Waals surface area contributed by atoms with Crippen LogP contribution in [0.2, 0.25) is 0 Å². The summed E-state index contributed by atoms with van der Waals surface area (Å²) in [6.45, 7) is -1.56. The van der Waals surface area contributed by atoms with Gasteiger partial charge >= 0.3 is 11.9 Å². The molecule has 0 aliphatic heterocycles. The van der Waals surface area contributed by atoms with Gasteiger partial charge in [0.1, 0.15) is 19.5 Å². The van der Waals surface area contributed by atoms with Crippen molar-refractivity contribution in [2.24, 2.45) is 5.73 Å². The van der Waals surface area contributed by atoms with Crippen molar-refractivity contribution in [3.05, 3.63) is 0 Å². The van der Waals surface area contributed by atoms with Gasteiger partial charge in [-0.05, 0) is 0 Å². The van der Waals surface area contributed by atoms with Gasteiger partial charge in [-0.25, -0.2) is 0 Å². The Balaban J connectivity index is 4.46. The molecule has 84 valence electrons. The van der Waals surface area contributed by atoms with Crippen molar-refractivity contribution in [3.63, 3.8) is 0 Å². The molecule has 0 heterocycles. The van der Waals surface area contributed by atoms with Crippen LogP contribution in [0.1, 0.15) is 6.42 Å². The molecule has 0 aromatic heterocycles. The quantitative estimate of drug-likeness (QED) is 0.435. The van der Waals surface area contributed by atoms with Crippen LogP contribution >= 0.6 is 0 Å². The largest absolute Gasteiger partial charge is 0.480 e. The van der Waals surface area contributed by atoms with E-state index in [4.69, 9.17) is 15.9 Å². The van der Waals surface area contributed by atoms with Gasteiger partial charge in [-0.2, -0.15) is 0 Å². The molecular weight excluding hydrogens is 208 g/mol. The lowest BCUT2D eigenvalue weighted by Gasteiger charge is -2.17. The average molecular weight is 218 g/mol. The number of carbonyl (C=O) groups is 4. The van der Waals surface area contributed by atoms with Gasteiger partial charge in [0.15, 0.2) is 0 Å². The molecule has 15 heavy (non-hydrogen) atoms. The van der Waals surface area contributed by atoms with Crippen molar-refractivity contribution in [1.82, 2.24) is 4.90 Å². The third-order valence-corrected chi connectivity index (χ3v) is 1.33. The van der Waals surface area contributed by atoms with E-state index in [0.29, 0.717) is 4.90 Å². The first-order valence-corrected chi connectivity index (χ1v) is 3.82. The Morgan fingerprint density at radius 3 is 1.67 bits per heavy atom. The van der Waals surface area contributed by atoms with Crippen LogP contribution in [-0.2, 0) is 19.2 Å². The molecule has 2 amide bonds. The summed E-state index contributed by atoms with van der Waals surface area (Å²) in [5.41, 5.74) is 4.71. The van der Waals surface area contributed by atoms with E-state index in [9.17, 15) is 19.2 Å². The highest BCUT2D eigenvalue weighted by Gasteiger charge is 2.20. The Bertz CT molecular complexity index is 284. The Morgan fingerprint density at radius 2 is 1.40 bits per heavy atom. The van der Waals surface area contributed by atoms with E-state index in [-0.39, 0.29) is 0 Å². The summed E-state index contributed by atoms with van der Waals surface area (Å²) in [6, 6.07) is 0. The van der Waals surface area contributed by atoms with Crippen molar-refractivity contribution < 1.29 is 29.4 Å². The third-order valence-electron chi connectivity index (χ3n) is 1.33. The molecule has 0 fully saturated rings. The van der Waals surface area contributed by atoms with Gasteiger partial charge in [0.2, 0.25) is 11.8 Å². The zero-order valence-corrected chi connectivity index (χ0v) is 7.67. The zero-order chi connectivity index (χ0) is 12.0. The van der Waals surface area contributed by atoms with Crippen molar-refractivity contribution >= 4 is 23.8 Å². The van der Waals surface area contributed by atoms with Crippen molar-refractivity contribution in [1.29, 1.82) is 0 Å². The number of aliphatic carboxylic acids is 2. The second-order valence-electron chi connectivity index (χ2n) is 2.68. The number of carbonyl (C=O) groups excluding carboxylic acids is 2. The summed E-state index contributed by atoms with van der Waals surface area (Å²) in [6.07, 6.45) is -0.708. The molecule has 0 aromatic carbocycles. The molecule has 0 atom stereocenters. The number of nitrogens with zero attached hydrogens (tertiary/aromatic N) is 1. The number of carboxylic acid groups (broad SMARTS) is 2. The lowest BCUT2D eigenvalue weighted by atomic mass is 10.3. The van der Waals surface area contributed by atoms with E-state index in [2.05, 4.69) is 0 Å². The molecule has 0 bridgehead atoms. The minimum absolute atomic E-state index is 0.523. The normalized spacial score (nSPS) is 9.33. The fraction of sp³-hybridized carbons (Fsp3) is 0.429. The van der Waals surface area contributed by atoms with Gasteiger partial charge in [-0.15, -0.1) is 0 Å². The van der Waals surface area contributed by atoms with Gasteiger partial charge in [0, 0.05) is 0 Å². The zero-order valence-electron chi connectivity index (χ0n) is 7.67. The minimum Gasteiger partial charge on any atom is -0.480 e. The number of carboxylic acids is 2. The number of hydrogen-bond acceptors (Lipinski definition) is 4. The number of rotatable bonds is 6. The number of amides is 2. The van der Waals surface area contributed by atoms with Crippen LogP contribution in [0.15, 0.2) is 0 Å². The Kier molecular flexibility index (Phi) is 4.79. The first-order chi connectivity index (χ1) is 6.82. The molecule has 0 rings (SSSR count). The van der Waals surface area contributed by atoms with Crippen LogP contribution < -0.4 is 5.73 Å². The Morgan fingerprint density at radius 1 is 1.00 bits per heavy atom. The first kappa shape index (κ1) is 12.9. The highest BCUT2D eigenvalue weighted by Crippen LogP contribution is 1.94. The number of hydrogen-bond donors (Lipinski definition) is 3. The van der Waals surface area contributed by atoms with E-state index in [1.807, 2.05) is 0 Å². The van der Waals surface area contributed by atoms with E-state index in [1.165, 1.54) is 0 Å². The molecule has 0 aromatic rings. The summed E-state index contributed by atoms with van der Waals surface area (Å²) >= 11 is 0. The van der Waals surface area contributed by atoms with Crippen LogP contribution in [0.3, 0.4) is 0 Å². The molecule has 8 heteroatoms. The highest BCUT2D eigenvalue weighted by molar-refractivity contribution is 5.98. The maximum atomic E-state index is 11.1. The van der Waals surface area contributed by atoms with E-state index in [0.717, 1.165) is 0 Å². The lowest BCUT2D eigenvalue weighted by Crippen LogP contribution is -2.40. The molecule has 8 nitrogen and oxygen atoms in total. The molecule has 0 saturated carbocycles. The van der Waals surface area contributed by atoms with Gasteiger partial charge in [-0.3, -0.25) is 19.2 Å². The number of nitrogens with two attached hydrogens (primary N) is 1. The van der Waals surface area contributed by atoms with Crippen LogP contribution in [-0.4, -0.2) is 52.0 Å². The summed E-state index contributed by atoms with van der Waals surface area (Å²) in [5.74, 6) is -4.60.